The van der Waals surface area contributed by atoms with Crippen LogP contribution in [0, 0.1) is 20.8 Å². The van der Waals surface area contributed by atoms with E-state index in [2.05, 4.69) is 11.4 Å². The Morgan fingerprint density at radius 2 is 1.91 bits per heavy atom. The summed E-state index contributed by atoms with van der Waals surface area (Å²) in [5.74, 6) is 0.534. The summed E-state index contributed by atoms with van der Waals surface area (Å²) >= 11 is 5.91. The fourth-order valence-electron chi connectivity index (χ4n) is 2.18. The van der Waals surface area contributed by atoms with Gasteiger partial charge in [-0.15, -0.1) is 0 Å². The van der Waals surface area contributed by atoms with Gasteiger partial charge in [0.25, 0.3) is 5.91 Å². The van der Waals surface area contributed by atoms with E-state index in [1.165, 1.54) is 0 Å². The van der Waals surface area contributed by atoms with Crippen molar-refractivity contribution in [2.24, 2.45) is 0 Å². The first-order valence-corrected chi connectivity index (χ1v) is 7.55. The molecule has 2 aromatic carbocycles. The monoisotopic (exact) mass is 317 g/mol. The van der Waals surface area contributed by atoms with E-state index in [-0.39, 0.29) is 5.91 Å². The van der Waals surface area contributed by atoms with Gasteiger partial charge in [0, 0.05) is 10.7 Å². The van der Waals surface area contributed by atoms with E-state index in [4.69, 9.17) is 16.3 Å². The summed E-state index contributed by atoms with van der Waals surface area (Å²) in [6.07, 6.45) is -0.598. The molecule has 2 rings (SSSR count). The molecule has 4 heteroatoms. The largest absolute Gasteiger partial charge is 0.481 e. The molecular formula is C18H20ClNO2. The molecule has 1 amide bonds. The number of anilines is 1. The Morgan fingerprint density at radius 3 is 2.59 bits per heavy atom. The van der Waals surface area contributed by atoms with Gasteiger partial charge in [-0.3, -0.25) is 4.79 Å². The van der Waals surface area contributed by atoms with Crippen LogP contribution >= 0.6 is 11.6 Å². The van der Waals surface area contributed by atoms with Crippen LogP contribution in [0.4, 0.5) is 5.69 Å². The van der Waals surface area contributed by atoms with E-state index in [9.17, 15) is 4.79 Å². The first-order valence-electron chi connectivity index (χ1n) is 7.18. The molecule has 0 fully saturated rings. The summed E-state index contributed by atoms with van der Waals surface area (Å²) in [6, 6.07) is 11.1. The molecule has 0 spiro atoms. The summed E-state index contributed by atoms with van der Waals surface area (Å²) in [5, 5.41) is 3.38. The Labute approximate surface area is 136 Å². The van der Waals surface area contributed by atoms with Crippen LogP contribution in [0.25, 0.3) is 0 Å². The van der Waals surface area contributed by atoms with Gasteiger partial charge in [0.1, 0.15) is 5.75 Å². The van der Waals surface area contributed by atoms with Crippen LogP contribution in [0.15, 0.2) is 36.4 Å². The second kappa shape index (κ2) is 6.84. The highest BCUT2D eigenvalue weighted by molar-refractivity contribution is 6.30. The number of aryl methyl sites for hydroxylation is 2. The van der Waals surface area contributed by atoms with Crippen molar-refractivity contribution in [1.29, 1.82) is 0 Å². The first kappa shape index (κ1) is 16.4. The highest BCUT2D eigenvalue weighted by Gasteiger charge is 2.16. The zero-order valence-corrected chi connectivity index (χ0v) is 14.0. The lowest BCUT2D eigenvalue weighted by Crippen LogP contribution is -2.30. The molecule has 0 aliphatic carbocycles. The molecule has 0 aromatic heterocycles. The third-order valence-corrected chi connectivity index (χ3v) is 3.76. The average Bonchev–Trinajstić information content (AvgIpc) is 2.44. The lowest BCUT2D eigenvalue weighted by Gasteiger charge is -2.18. The molecule has 0 bridgehead atoms. The SMILES string of the molecule is Cc1cc(C)c(C)c(O[C@@H](C)C(=O)Nc2cccc(Cl)c2)c1. The minimum absolute atomic E-state index is 0.208. The number of ether oxygens (including phenoxy) is 1. The van der Waals surface area contributed by atoms with Gasteiger partial charge in [-0.2, -0.15) is 0 Å². The molecule has 0 saturated heterocycles. The fraction of sp³-hybridized carbons (Fsp3) is 0.278. The predicted molar refractivity (Wildman–Crippen MR) is 90.8 cm³/mol. The fourth-order valence-corrected chi connectivity index (χ4v) is 2.37. The highest BCUT2D eigenvalue weighted by Crippen LogP contribution is 2.24. The van der Waals surface area contributed by atoms with Crippen molar-refractivity contribution in [3.8, 4) is 5.75 Å². The van der Waals surface area contributed by atoms with Gasteiger partial charge in [-0.25, -0.2) is 0 Å². The molecule has 0 aliphatic heterocycles. The van der Waals surface area contributed by atoms with Crippen LogP contribution in [-0.2, 0) is 4.79 Å². The summed E-state index contributed by atoms with van der Waals surface area (Å²) in [5.41, 5.74) is 3.97. The van der Waals surface area contributed by atoms with Crippen molar-refractivity contribution in [2.75, 3.05) is 5.32 Å². The third kappa shape index (κ3) is 4.01. The molecule has 0 unspecified atom stereocenters. The molecule has 3 nitrogen and oxygen atoms in total. The van der Waals surface area contributed by atoms with E-state index in [1.807, 2.05) is 26.8 Å². The van der Waals surface area contributed by atoms with E-state index >= 15 is 0 Å². The standard InChI is InChI=1S/C18H20ClNO2/c1-11-8-12(2)13(3)17(9-11)22-14(4)18(21)20-16-7-5-6-15(19)10-16/h5-10,14H,1-4H3,(H,20,21)/t14-/m0/s1. The van der Waals surface area contributed by atoms with Crippen molar-refractivity contribution in [3.05, 3.63) is 58.1 Å². The molecule has 0 saturated carbocycles. The summed E-state index contributed by atoms with van der Waals surface area (Å²) in [7, 11) is 0. The molecule has 1 N–H and O–H groups in total. The number of amides is 1. The van der Waals surface area contributed by atoms with Crippen LogP contribution in [0.2, 0.25) is 5.02 Å². The van der Waals surface area contributed by atoms with Crippen LogP contribution in [-0.4, -0.2) is 12.0 Å². The molecule has 1 atom stereocenters. The molecule has 2 aromatic rings. The maximum Gasteiger partial charge on any atom is 0.265 e. The minimum Gasteiger partial charge on any atom is -0.481 e. The number of rotatable bonds is 4. The van der Waals surface area contributed by atoms with Gasteiger partial charge >= 0.3 is 0 Å². The van der Waals surface area contributed by atoms with Crippen molar-refractivity contribution >= 4 is 23.2 Å². The van der Waals surface area contributed by atoms with Crippen LogP contribution in [0.5, 0.6) is 5.75 Å². The molecule has 0 radical (unpaired) electrons. The lowest BCUT2D eigenvalue weighted by molar-refractivity contribution is -0.122. The zero-order valence-electron chi connectivity index (χ0n) is 13.2. The Kier molecular flexibility index (Phi) is 5.09. The molecule has 22 heavy (non-hydrogen) atoms. The second-order valence-electron chi connectivity index (χ2n) is 5.46. The first-order chi connectivity index (χ1) is 10.4. The van der Waals surface area contributed by atoms with Crippen molar-refractivity contribution in [1.82, 2.24) is 0 Å². The van der Waals surface area contributed by atoms with Crippen LogP contribution in [0.1, 0.15) is 23.6 Å². The number of benzene rings is 2. The number of carbonyl (C=O) groups is 1. The van der Waals surface area contributed by atoms with Gasteiger partial charge in [0.05, 0.1) is 0 Å². The lowest BCUT2D eigenvalue weighted by atomic mass is 10.1. The van der Waals surface area contributed by atoms with E-state index in [1.54, 1.807) is 31.2 Å². The Morgan fingerprint density at radius 1 is 1.18 bits per heavy atom. The maximum absolute atomic E-state index is 12.2. The number of nitrogens with one attached hydrogen (secondary N) is 1. The Bertz CT molecular complexity index is 697. The van der Waals surface area contributed by atoms with Crippen molar-refractivity contribution < 1.29 is 9.53 Å². The van der Waals surface area contributed by atoms with Crippen molar-refractivity contribution in [2.45, 2.75) is 33.8 Å². The van der Waals surface area contributed by atoms with Gasteiger partial charge in [0.2, 0.25) is 0 Å². The van der Waals surface area contributed by atoms with E-state index < -0.39 is 6.10 Å². The topological polar surface area (TPSA) is 38.3 Å². The quantitative estimate of drug-likeness (QED) is 0.889. The zero-order chi connectivity index (χ0) is 16.3. The predicted octanol–water partition coefficient (Wildman–Crippen LogP) is 4.67. The van der Waals surface area contributed by atoms with Gasteiger partial charge < -0.3 is 10.1 Å². The normalized spacial score (nSPS) is 11.9. The highest BCUT2D eigenvalue weighted by atomic mass is 35.5. The van der Waals surface area contributed by atoms with Gasteiger partial charge in [-0.1, -0.05) is 23.7 Å². The smallest absolute Gasteiger partial charge is 0.265 e. The average molecular weight is 318 g/mol. The molecule has 116 valence electrons. The van der Waals surface area contributed by atoms with Gasteiger partial charge in [0.15, 0.2) is 6.10 Å². The van der Waals surface area contributed by atoms with Crippen molar-refractivity contribution in [3.63, 3.8) is 0 Å². The Hall–Kier alpha value is -2.00. The maximum atomic E-state index is 12.2. The summed E-state index contributed by atoms with van der Waals surface area (Å²) < 4.78 is 5.83. The number of carbonyl (C=O) groups excluding carboxylic acids is 1. The number of hydrogen-bond acceptors (Lipinski definition) is 2. The van der Waals surface area contributed by atoms with Gasteiger partial charge in [-0.05, 0) is 68.7 Å². The second-order valence-corrected chi connectivity index (χ2v) is 5.90. The van der Waals surface area contributed by atoms with Crippen LogP contribution in [0.3, 0.4) is 0 Å². The van der Waals surface area contributed by atoms with Crippen LogP contribution < -0.4 is 10.1 Å². The molecular weight excluding hydrogens is 298 g/mol. The molecule has 0 aliphatic rings. The minimum atomic E-state index is -0.598. The molecule has 0 heterocycles. The summed E-state index contributed by atoms with van der Waals surface area (Å²) in [4.78, 5) is 12.2. The van der Waals surface area contributed by atoms with E-state index in [0.717, 1.165) is 22.4 Å². The number of hydrogen-bond donors (Lipinski definition) is 1. The number of halogens is 1. The Balaban J connectivity index is 2.09. The van der Waals surface area contributed by atoms with E-state index in [0.29, 0.717) is 10.7 Å². The third-order valence-electron chi connectivity index (χ3n) is 3.53. The summed E-state index contributed by atoms with van der Waals surface area (Å²) in [6.45, 7) is 7.77.